The van der Waals surface area contributed by atoms with Gasteiger partial charge < -0.3 is 9.29 Å². The summed E-state index contributed by atoms with van der Waals surface area (Å²) in [7, 11) is 0. The van der Waals surface area contributed by atoms with Crippen LogP contribution in [0.1, 0.15) is 151 Å². The number of hydrogen-bond acceptors (Lipinski definition) is 3. The van der Waals surface area contributed by atoms with Crippen molar-refractivity contribution in [1.29, 1.82) is 0 Å². The highest BCUT2D eigenvalue weighted by molar-refractivity contribution is 7.94. The van der Waals surface area contributed by atoms with Crippen molar-refractivity contribution in [2.75, 3.05) is 6.61 Å². The van der Waals surface area contributed by atoms with E-state index in [1.807, 2.05) is 13.8 Å². The topological polar surface area (TPSA) is 29.5 Å². The van der Waals surface area contributed by atoms with Gasteiger partial charge in [0.05, 0.1) is 12.2 Å². The van der Waals surface area contributed by atoms with E-state index in [2.05, 4.69) is 12.1 Å². The van der Waals surface area contributed by atoms with Crippen LogP contribution in [0, 0.1) is 0 Å². The Kier molecular flexibility index (Phi) is 9.04. The van der Waals surface area contributed by atoms with E-state index in [9.17, 15) is 5.11 Å². The van der Waals surface area contributed by atoms with Crippen LogP contribution in [-0.4, -0.2) is 17.3 Å². The van der Waals surface area contributed by atoms with Crippen LogP contribution in [0.3, 0.4) is 0 Å². The van der Waals surface area contributed by atoms with E-state index in [0.717, 1.165) is 5.92 Å². The number of aliphatic hydroxyl groups is 1. The lowest BCUT2D eigenvalue weighted by atomic mass is 9.76. The van der Waals surface area contributed by atoms with Gasteiger partial charge >= 0.3 is 0 Å². The minimum atomic E-state index is -0.663. The summed E-state index contributed by atoms with van der Waals surface area (Å²) in [5.74, 6) is 2.17. The Morgan fingerprint density at radius 2 is 1.19 bits per heavy atom. The number of rotatable bonds is 8. The molecule has 0 unspecified atom stereocenters. The molecule has 0 aliphatic heterocycles. The van der Waals surface area contributed by atoms with Gasteiger partial charge in [0, 0.05) is 23.4 Å². The standard InChI is InChI=1S/C29H46O2S/c1-29(2,30)18-19-31-32-28-26(23-14-8-4-9-15-23)20-25(22-12-6-3-7-13-22)21-27(28)24-16-10-5-11-17-24/h20-24,30H,3-19H2,1-2H3. The van der Waals surface area contributed by atoms with E-state index < -0.39 is 5.60 Å². The zero-order chi connectivity index (χ0) is 22.4. The van der Waals surface area contributed by atoms with E-state index in [-0.39, 0.29) is 0 Å². The van der Waals surface area contributed by atoms with Crippen molar-refractivity contribution in [3.8, 4) is 0 Å². The molecular formula is C29H46O2S. The first-order valence-electron chi connectivity index (χ1n) is 13.7. The zero-order valence-electron chi connectivity index (χ0n) is 20.7. The minimum absolute atomic E-state index is 0.604. The molecule has 4 rings (SSSR count). The largest absolute Gasteiger partial charge is 0.390 e. The first-order valence-corrected chi connectivity index (χ1v) is 14.4. The molecule has 0 spiro atoms. The lowest BCUT2D eigenvalue weighted by Gasteiger charge is -2.32. The average molecular weight is 459 g/mol. The molecule has 180 valence electrons. The third-order valence-electron chi connectivity index (χ3n) is 8.27. The Balaban J connectivity index is 1.66. The summed E-state index contributed by atoms with van der Waals surface area (Å²) in [6.07, 6.45) is 21.3. The van der Waals surface area contributed by atoms with Crippen molar-refractivity contribution in [3.63, 3.8) is 0 Å². The van der Waals surface area contributed by atoms with Gasteiger partial charge in [0.25, 0.3) is 0 Å². The molecular weight excluding hydrogens is 412 g/mol. The molecule has 0 bridgehead atoms. The normalized spacial score (nSPS) is 22.3. The van der Waals surface area contributed by atoms with E-state index in [4.69, 9.17) is 4.18 Å². The summed E-state index contributed by atoms with van der Waals surface area (Å²) in [5.41, 5.74) is 4.21. The van der Waals surface area contributed by atoms with E-state index in [0.29, 0.717) is 24.9 Å². The molecule has 0 radical (unpaired) electrons. The van der Waals surface area contributed by atoms with Gasteiger partial charge in [0.1, 0.15) is 0 Å². The Hall–Kier alpha value is -0.510. The van der Waals surface area contributed by atoms with Crippen LogP contribution in [-0.2, 0) is 4.18 Å². The fourth-order valence-electron chi connectivity index (χ4n) is 6.29. The van der Waals surface area contributed by atoms with Crippen LogP contribution in [0.5, 0.6) is 0 Å². The van der Waals surface area contributed by atoms with Gasteiger partial charge in [-0.3, -0.25) is 0 Å². The van der Waals surface area contributed by atoms with Gasteiger partial charge in [-0.2, -0.15) is 0 Å². The SMILES string of the molecule is CC(C)(O)CCOSc1c(C2CCCCC2)cc(C2CCCCC2)cc1C1CCCCC1. The first kappa shape index (κ1) is 24.6. The molecule has 3 fully saturated rings. The maximum atomic E-state index is 10.1. The molecule has 1 aromatic rings. The molecule has 32 heavy (non-hydrogen) atoms. The lowest BCUT2D eigenvalue weighted by Crippen LogP contribution is -2.20. The summed E-state index contributed by atoms with van der Waals surface area (Å²) in [4.78, 5) is 1.46. The molecule has 1 N–H and O–H groups in total. The number of hydrogen-bond donors (Lipinski definition) is 1. The molecule has 0 heterocycles. The molecule has 0 amide bonds. The maximum absolute atomic E-state index is 10.1. The molecule has 3 saturated carbocycles. The Morgan fingerprint density at radius 1 is 0.750 bits per heavy atom. The molecule has 0 aromatic heterocycles. The van der Waals surface area contributed by atoms with E-state index >= 15 is 0 Å². The Morgan fingerprint density at radius 3 is 1.62 bits per heavy atom. The summed E-state index contributed by atoms with van der Waals surface area (Å²) in [6, 6.07) is 5.25. The fraction of sp³-hybridized carbons (Fsp3) is 0.793. The Labute approximate surface area is 201 Å². The zero-order valence-corrected chi connectivity index (χ0v) is 21.5. The monoisotopic (exact) mass is 458 g/mol. The van der Waals surface area contributed by atoms with Crippen LogP contribution in [0.4, 0.5) is 0 Å². The lowest BCUT2D eigenvalue weighted by molar-refractivity contribution is 0.0582. The molecule has 0 atom stereocenters. The maximum Gasteiger partial charge on any atom is 0.0645 e. The van der Waals surface area contributed by atoms with Crippen molar-refractivity contribution in [1.82, 2.24) is 0 Å². The summed E-state index contributed by atoms with van der Waals surface area (Å²) in [6.45, 7) is 4.36. The molecule has 2 nitrogen and oxygen atoms in total. The van der Waals surface area contributed by atoms with Crippen molar-refractivity contribution in [2.24, 2.45) is 0 Å². The highest BCUT2D eigenvalue weighted by atomic mass is 32.2. The van der Waals surface area contributed by atoms with Gasteiger partial charge in [-0.15, -0.1) is 0 Å². The summed E-state index contributed by atoms with van der Waals surface area (Å²) < 4.78 is 6.20. The first-order chi connectivity index (χ1) is 15.5. The molecule has 3 heteroatoms. The highest BCUT2D eigenvalue weighted by Gasteiger charge is 2.28. The van der Waals surface area contributed by atoms with Crippen molar-refractivity contribution >= 4 is 12.0 Å². The van der Waals surface area contributed by atoms with Gasteiger partial charge in [0.2, 0.25) is 0 Å². The third-order valence-corrected chi connectivity index (χ3v) is 9.20. The van der Waals surface area contributed by atoms with Crippen molar-refractivity contribution < 1.29 is 9.29 Å². The molecule has 0 saturated heterocycles. The summed E-state index contributed by atoms with van der Waals surface area (Å²) in [5, 5.41) is 10.1. The quantitative estimate of drug-likeness (QED) is 0.311. The van der Waals surface area contributed by atoms with Crippen molar-refractivity contribution in [2.45, 2.75) is 145 Å². The van der Waals surface area contributed by atoms with E-state index in [1.165, 1.54) is 101 Å². The predicted octanol–water partition coefficient (Wildman–Crippen LogP) is 9.01. The molecule has 3 aliphatic rings. The summed E-state index contributed by atoms with van der Waals surface area (Å²) >= 11 is 1.65. The fourth-order valence-corrected chi connectivity index (χ4v) is 7.22. The second-order valence-corrected chi connectivity index (χ2v) is 12.3. The van der Waals surface area contributed by atoms with Crippen molar-refractivity contribution in [3.05, 3.63) is 28.8 Å². The van der Waals surface area contributed by atoms with Gasteiger partial charge in [0.15, 0.2) is 0 Å². The second kappa shape index (κ2) is 11.8. The Bertz CT molecular complexity index is 665. The molecule has 1 aromatic carbocycles. The average Bonchev–Trinajstić information content (AvgIpc) is 2.82. The van der Waals surface area contributed by atoms with Crippen LogP contribution in [0.2, 0.25) is 0 Å². The minimum Gasteiger partial charge on any atom is -0.390 e. The number of benzene rings is 1. The van der Waals surface area contributed by atoms with Crippen LogP contribution in [0.25, 0.3) is 0 Å². The third kappa shape index (κ3) is 6.76. The van der Waals surface area contributed by atoms with Crippen LogP contribution in [0.15, 0.2) is 17.0 Å². The van der Waals surface area contributed by atoms with Gasteiger partial charge in [-0.25, -0.2) is 0 Å². The highest BCUT2D eigenvalue weighted by Crippen LogP contribution is 2.47. The smallest absolute Gasteiger partial charge is 0.0645 e. The molecule has 3 aliphatic carbocycles. The van der Waals surface area contributed by atoms with Gasteiger partial charge in [-0.05, 0) is 86.8 Å². The predicted molar refractivity (Wildman–Crippen MR) is 137 cm³/mol. The van der Waals surface area contributed by atoms with Crippen LogP contribution >= 0.6 is 12.0 Å². The van der Waals surface area contributed by atoms with Crippen LogP contribution < -0.4 is 0 Å². The van der Waals surface area contributed by atoms with E-state index in [1.54, 1.807) is 28.7 Å². The van der Waals surface area contributed by atoms with Gasteiger partial charge in [-0.1, -0.05) is 69.9 Å². The second-order valence-electron chi connectivity index (χ2n) is 11.5.